The Morgan fingerprint density at radius 2 is 1.67 bits per heavy atom. The normalized spacial score (nSPS) is 11.3. The second-order valence-corrected chi connectivity index (χ2v) is 9.74. The van der Waals surface area contributed by atoms with E-state index in [1.807, 2.05) is 0 Å². The number of methoxy groups -OCH3 is 2. The number of halogens is 2. The first kappa shape index (κ1) is 24.7. The topological polar surface area (TPSA) is 103 Å². The van der Waals surface area contributed by atoms with Crippen LogP contribution in [0.15, 0.2) is 79.6 Å². The minimum Gasteiger partial charge on any atom is -0.493 e. The predicted octanol–water partition coefficient (Wildman–Crippen LogP) is 4.76. The van der Waals surface area contributed by atoms with Gasteiger partial charge in [0, 0.05) is 15.6 Å². The van der Waals surface area contributed by atoms with Gasteiger partial charge in [-0.3, -0.25) is 4.79 Å². The third kappa shape index (κ3) is 6.12. The summed E-state index contributed by atoms with van der Waals surface area (Å²) >= 11 is 6.66. The highest BCUT2D eigenvalue weighted by atomic mass is 79.9. The van der Waals surface area contributed by atoms with E-state index in [4.69, 9.17) is 13.7 Å². The molecule has 0 saturated heterocycles. The van der Waals surface area contributed by atoms with Crippen molar-refractivity contribution in [1.29, 1.82) is 0 Å². The van der Waals surface area contributed by atoms with Crippen molar-refractivity contribution in [1.82, 2.24) is 5.43 Å². The first-order chi connectivity index (χ1) is 15.7. The number of carbonyl (C=O) groups is 1. The van der Waals surface area contributed by atoms with Gasteiger partial charge in [0.15, 0.2) is 17.2 Å². The SMILES string of the molecule is COc1ccc(C(=O)N/N=C/c2cc(Br)cc(Br)c2OS(=O)(=O)c2ccccc2)cc1OC. The molecule has 8 nitrogen and oxygen atoms in total. The van der Waals surface area contributed by atoms with Gasteiger partial charge in [-0.1, -0.05) is 34.1 Å². The maximum Gasteiger partial charge on any atom is 0.339 e. The lowest BCUT2D eigenvalue weighted by Gasteiger charge is -2.12. The third-order valence-electron chi connectivity index (χ3n) is 4.28. The molecule has 172 valence electrons. The summed E-state index contributed by atoms with van der Waals surface area (Å²) in [7, 11) is -1.13. The van der Waals surface area contributed by atoms with E-state index < -0.39 is 16.0 Å². The van der Waals surface area contributed by atoms with Crippen LogP contribution in [0.1, 0.15) is 15.9 Å². The molecule has 0 aromatic heterocycles. The van der Waals surface area contributed by atoms with Crippen molar-refractivity contribution in [2.75, 3.05) is 14.2 Å². The Labute approximate surface area is 207 Å². The molecule has 0 unspecified atom stereocenters. The fourth-order valence-corrected chi connectivity index (χ4v) is 5.15. The quantitative estimate of drug-likeness (QED) is 0.228. The van der Waals surface area contributed by atoms with Crippen molar-refractivity contribution < 1.29 is 26.9 Å². The van der Waals surface area contributed by atoms with Crippen LogP contribution in [0.4, 0.5) is 0 Å². The molecule has 0 spiro atoms. The Balaban J connectivity index is 1.84. The summed E-state index contributed by atoms with van der Waals surface area (Å²) in [4.78, 5) is 12.5. The molecular weight excluding hydrogens is 580 g/mol. The highest BCUT2D eigenvalue weighted by Gasteiger charge is 2.20. The number of carbonyl (C=O) groups excluding carboxylic acids is 1. The summed E-state index contributed by atoms with van der Waals surface area (Å²) in [6, 6.07) is 15.7. The number of hydrogen-bond donors (Lipinski definition) is 1. The van der Waals surface area contributed by atoms with E-state index >= 15 is 0 Å². The largest absolute Gasteiger partial charge is 0.493 e. The fourth-order valence-electron chi connectivity index (χ4n) is 2.71. The summed E-state index contributed by atoms with van der Waals surface area (Å²) in [6.45, 7) is 0. The molecule has 0 bridgehead atoms. The monoisotopic (exact) mass is 596 g/mol. The zero-order valence-electron chi connectivity index (χ0n) is 17.4. The van der Waals surface area contributed by atoms with Crippen molar-refractivity contribution in [3.63, 3.8) is 0 Å². The fraction of sp³-hybridized carbons (Fsp3) is 0.0909. The Bertz CT molecular complexity index is 1300. The molecule has 1 amide bonds. The van der Waals surface area contributed by atoms with E-state index in [1.165, 1.54) is 38.6 Å². The molecule has 0 saturated carbocycles. The summed E-state index contributed by atoms with van der Waals surface area (Å²) in [5, 5.41) is 3.95. The highest BCUT2D eigenvalue weighted by Crippen LogP contribution is 2.34. The van der Waals surface area contributed by atoms with E-state index in [9.17, 15) is 13.2 Å². The lowest BCUT2D eigenvalue weighted by atomic mass is 10.2. The van der Waals surface area contributed by atoms with Crippen LogP contribution in [0.3, 0.4) is 0 Å². The summed E-state index contributed by atoms with van der Waals surface area (Å²) in [5.41, 5.74) is 3.00. The van der Waals surface area contributed by atoms with Crippen LogP contribution in [0.5, 0.6) is 17.2 Å². The van der Waals surface area contributed by atoms with Crippen LogP contribution in [0.2, 0.25) is 0 Å². The Morgan fingerprint density at radius 1 is 0.970 bits per heavy atom. The zero-order chi connectivity index (χ0) is 24.0. The number of hydrazone groups is 1. The molecule has 3 aromatic rings. The van der Waals surface area contributed by atoms with Gasteiger partial charge in [-0.25, -0.2) is 5.43 Å². The maximum atomic E-state index is 12.7. The molecule has 0 aliphatic rings. The number of benzene rings is 3. The molecule has 3 rings (SSSR count). The number of ether oxygens (including phenoxy) is 2. The van der Waals surface area contributed by atoms with E-state index in [1.54, 1.807) is 42.5 Å². The average molecular weight is 598 g/mol. The van der Waals surface area contributed by atoms with Gasteiger partial charge in [0.2, 0.25) is 0 Å². The van der Waals surface area contributed by atoms with Crippen LogP contribution in [-0.2, 0) is 10.1 Å². The molecule has 0 fully saturated rings. The summed E-state index contributed by atoms with van der Waals surface area (Å²) < 4.78 is 42.1. The zero-order valence-corrected chi connectivity index (χ0v) is 21.4. The van der Waals surface area contributed by atoms with Gasteiger partial charge in [-0.05, 0) is 58.4 Å². The van der Waals surface area contributed by atoms with Gasteiger partial charge >= 0.3 is 10.1 Å². The number of amides is 1. The van der Waals surface area contributed by atoms with E-state index in [2.05, 4.69) is 42.4 Å². The summed E-state index contributed by atoms with van der Waals surface area (Å²) in [6.07, 6.45) is 1.28. The number of nitrogens with one attached hydrogen (secondary N) is 1. The lowest BCUT2D eigenvalue weighted by molar-refractivity contribution is 0.0954. The molecule has 33 heavy (non-hydrogen) atoms. The number of nitrogens with zero attached hydrogens (tertiary/aromatic N) is 1. The third-order valence-corrected chi connectivity index (χ3v) is 6.56. The second-order valence-electron chi connectivity index (χ2n) is 6.43. The van der Waals surface area contributed by atoms with Crippen LogP contribution in [0.25, 0.3) is 0 Å². The Morgan fingerprint density at radius 3 is 2.33 bits per heavy atom. The Kier molecular flexibility index (Phi) is 8.11. The van der Waals surface area contributed by atoms with E-state index in [0.717, 1.165) is 0 Å². The van der Waals surface area contributed by atoms with E-state index in [-0.39, 0.29) is 10.6 Å². The first-order valence-electron chi connectivity index (χ1n) is 9.29. The van der Waals surface area contributed by atoms with Crippen LogP contribution < -0.4 is 19.1 Å². The molecule has 11 heteroatoms. The van der Waals surface area contributed by atoms with Crippen molar-refractivity contribution in [2.45, 2.75) is 4.90 Å². The molecule has 0 aliphatic carbocycles. The van der Waals surface area contributed by atoms with Crippen LogP contribution in [0, 0.1) is 0 Å². The van der Waals surface area contributed by atoms with Crippen molar-refractivity contribution in [3.8, 4) is 17.2 Å². The molecule has 0 aliphatic heterocycles. The van der Waals surface area contributed by atoms with Gasteiger partial charge < -0.3 is 13.7 Å². The molecular formula is C22H18Br2N2O6S. The van der Waals surface area contributed by atoms with Crippen LogP contribution >= 0.6 is 31.9 Å². The molecule has 0 radical (unpaired) electrons. The first-order valence-corrected chi connectivity index (χ1v) is 12.3. The minimum absolute atomic E-state index is 0.00413. The lowest BCUT2D eigenvalue weighted by Crippen LogP contribution is -2.18. The van der Waals surface area contributed by atoms with Gasteiger partial charge in [-0.2, -0.15) is 13.5 Å². The second kappa shape index (κ2) is 10.8. The maximum absolute atomic E-state index is 12.7. The van der Waals surface area contributed by atoms with Crippen LogP contribution in [-0.4, -0.2) is 34.8 Å². The van der Waals surface area contributed by atoms with Gasteiger partial charge in [-0.15, -0.1) is 0 Å². The molecule has 1 N–H and O–H groups in total. The van der Waals surface area contributed by atoms with Crippen molar-refractivity contribution in [3.05, 3.63) is 80.7 Å². The molecule has 0 atom stereocenters. The average Bonchev–Trinajstić information content (AvgIpc) is 2.81. The van der Waals surface area contributed by atoms with E-state index in [0.29, 0.717) is 31.6 Å². The number of hydrogen-bond acceptors (Lipinski definition) is 7. The van der Waals surface area contributed by atoms with Crippen molar-refractivity contribution in [2.24, 2.45) is 5.10 Å². The standard InChI is InChI=1S/C22H18Br2N2O6S/c1-30-19-9-8-14(11-20(19)31-2)22(27)26-25-13-15-10-16(23)12-18(24)21(15)32-33(28,29)17-6-4-3-5-7-17/h3-13H,1-2H3,(H,26,27)/b25-13+. The van der Waals surface area contributed by atoms with Gasteiger partial charge in [0.05, 0.1) is 24.9 Å². The molecule has 0 heterocycles. The highest BCUT2D eigenvalue weighted by molar-refractivity contribution is 9.11. The number of rotatable bonds is 8. The smallest absolute Gasteiger partial charge is 0.339 e. The van der Waals surface area contributed by atoms with Gasteiger partial charge in [0.25, 0.3) is 5.91 Å². The molecule has 3 aromatic carbocycles. The predicted molar refractivity (Wildman–Crippen MR) is 131 cm³/mol. The van der Waals surface area contributed by atoms with Gasteiger partial charge in [0.1, 0.15) is 4.90 Å². The minimum atomic E-state index is -4.09. The summed E-state index contributed by atoms with van der Waals surface area (Å²) in [5.74, 6) is 0.400. The van der Waals surface area contributed by atoms with Crippen molar-refractivity contribution >= 4 is 54.1 Å². The Hall–Kier alpha value is -2.89.